The number of carbonyl (C=O) groups excluding carboxylic acids is 1. The Morgan fingerprint density at radius 3 is 2.88 bits per heavy atom. The molecule has 0 saturated carbocycles. The SMILES string of the molecule is CCOc1cncc(C(=O)CSC(C)CC)c1. The molecule has 1 atom stereocenters. The minimum absolute atomic E-state index is 0.115. The normalized spacial score (nSPS) is 12.2. The van der Waals surface area contributed by atoms with Crippen molar-refractivity contribution in [3.63, 3.8) is 0 Å². The molecule has 4 heteroatoms. The third-order valence-corrected chi connectivity index (χ3v) is 3.75. The molecule has 1 heterocycles. The Labute approximate surface area is 107 Å². The van der Waals surface area contributed by atoms with Gasteiger partial charge in [-0.2, -0.15) is 11.8 Å². The molecule has 0 aliphatic heterocycles. The number of hydrogen-bond acceptors (Lipinski definition) is 4. The average molecular weight is 253 g/mol. The van der Waals surface area contributed by atoms with Crippen LogP contribution in [0.15, 0.2) is 18.5 Å². The van der Waals surface area contributed by atoms with Gasteiger partial charge in [-0.1, -0.05) is 13.8 Å². The van der Waals surface area contributed by atoms with E-state index >= 15 is 0 Å². The fraction of sp³-hybridized carbons (Fsp3) is 0.538. The summed E-state index contributed by atoms with van der Waals surface area (Å²) in [6.45, 7) is 6.75. The molecule has 0 aliphatic carbocycles. The van der Waals surface area contributed by atoms with E-state index in [-0.39, 0.29) is 5.78 Å². The van der Waals surface area contributed by atoms with Crippen LogP contribution in [0.3, 0.4) is 0 Å². The quantitative estimate of drug-likeness (QED) is 0.700. The number of ketones is 1. The molecule has 0 radical (unpaired) electrons. The first-order chi connectivity index (χ1) is 8.17. The summed E-state index contributed by atoms with van der Waals surface area (Å²) in [6.07, 6.45) is 4.30. The van der Waals surface area contributed by atoms with Crippen LogP contribution in [0.4, 0.5) is 0 Å². The van der Waals surface area contributed by atoms with Gasteiger partial charge >= 0.3 is 0 Å². The van der Waals surface area contributed by atoms with Crippen LogP contribution in [0.25, 0.3) is 0 Å². The molecule has 1 rings (SSSR count). The Bertz CT molecular complexity index is 368. The van der Waals surface area contributed by atoms with E-state index in [0.29, 0.717) is 28.9 Å². The highest BCUT2D eigenvalue weighted by atomic mass is 32.2. The molecule has 0 spiro atoms. The summed E-state index contributed by atoms with van der Waals surface area (Å²) < 4.78 is 5.32. The zero-order chi connectivity index (χ0) is 12.7. The van der Waals surface area contributed by atoms with Crippen molar-refractivity contribution in [1.29, 1.82) is 0 Å². The lowest BCUT2D eigenvalue weighted by Gasteiger charge is -2.08. The Morgan fingerprint density at radius 2 is 2.24 bits per heavy atom. The first kappa shape index (κ1) is 14.0. The molecule has 0 fully saturated rings. The maximum atomic E-state index is 11.9. The third kappa shape index (κ3) is 4.77. The number of Topliss-reactive ketones (excluding diaryl/α,β-unsaturated/α-hetero) is 1. The van der Waals surface area contributed by atoms with Crippen molar-refractivity contribution < 1.29 is 9.53 Å². The van der Waals surface area contributed by atoms with Crippen LogP contribution in [0.2, 0.25) is 0 Å². The number of pyridine rings is 1. The molecule has 3 nitrogen and oxygen atoms in total. The van der Waals surface area contributed by atoms with Gasteiger partial charge in [0.2, 0.25) is 0 Å². The predicted molar refractivity (Wildman–Crippen MR) is 71.9 cm³/mol. The van der Waals surface area contributed by atoms with E-state index in [9.17, 15) is 4.79 Å². The number of thioether (sulfide) groups is 1. The molecule has 0 N–H and O–H groups in total. The minimum Gasteiger partial charge on any atom is -0.492 e. The smallest absolute Gasteiger partial charge is 0.174 e. The summed E-state index contributed by atoms with van der Waals surface area (Å²) in [4.78, 5) is 15.9. The number of aromatic nitrogens is 1. The van der Waals surface area contributed by atoms with E-state index in [1.165, 1.54) is 0 Å². The number of rotatable bonds is 7. The fourth-order valence-electron chi connectivity index (χ4n) is 1.24. The summed E-state index contributed by atoms with van der Waals surface area (Å²) in [5.74, 6) is 1.28. The third-order valence-electron chi connectivity index (χ3n) is 2.42. The molecule has 0 bridgehead atoms. The number of ether oxygens (including phenoxy) is 1. The average Bonchev–Trinajstić information content (AvgIpc) is 2.36. The second-order valence-electron chi connectivity index (χ2n) is 3.80. The Hall–Kier alpha value is -1.03. The molecule has 0 amide bonds. The molecule has 1 unspecified atom stereocenters. The number of nitrogens with zero attached hydrogens (tertiary/aromatic N) is 1. The summed E-state index contributed by atoms with van der Waals surface area (Å²) >= 11 is 1.68. The van der Waals surface area contributed by atoms with E-state index < -0.39 is 0 Å². The minimum atomic E-state index is 0.115. The maximum absolute atomic E-state index is 11.9. The molecule has 0 saturated heterocycles. The van der Waals surface area contributed by atoms with Gasteiger partial charge in [-0.15, -0.1) is 0 Å². The first-order valence-corrected chi connectivity index (χ1v) is 6.94. The molecule has 0 aliphatic rings. The largest absolute Gasteiger partial charge is 0.492 e. The van der Waals surface area contributed by atoms with Gasteiger partial charge in [-0.3, -0.25) is 9.78 Å². The van der Waals surface area contributed by atoms with Crippen molar-refractivity contribution in [2.45, 2.75) is 32.4 Å². The lowest BCUT2D eigenvalue weighted by atomic mass is 10.2. The molecular formula is C13H19NO2S. The molecule has 1 aromatic rings. The van der Waals surface area contributed by atoms with Crippen molar-refractivity contribution in [3.05, 3.63) is 24.0 Å². The molecule has 17 heavy (non-hydrogen) atoms. The zero-order valence-corrected chi connectivity index (χ0v) is 11.4. The second-order valence-corrected chi connectivity index (χ2v) is 5.22. The van der Waals surface area contributed by atoms with Gasteiger partial charge in [-0.25, -0.2) is 0 Å². The van der Waals surface area contributed by atoms with Gasteiger partial charge in [0.1, 0.15) is 5.75 Å². The van der Waals surface area contributed by atoms with E-state index in [1.807, 2.05) is 6.92 Å². The van der Waals surface area contributed by atoms with Crippen LogP contribution in [0.1, 0.15) is 37.6 Å². The Balaban J connectivity index is 2.59. The van der Waals surface area contributed by atoms with Gasteiger partial charge in [-0.05, 0) is 19.4 Å². The van der Waals surface area contributed by atoms with Crippen LogP contribution in [-0.2, 0) is 0 Å². The van der Waals surface area contributed by atoms with Gasteiger partial charge < -0.3 is 4.74 Å². The van der Waals surface area contributed by atoms with Crippen LogP contribution < -0.4 is 4.74 Å². The second kappa shape index (κ2) is 7.33. The fourth-order valence-corrected chi connectivity index (χ4v) is 2.07. The Kier molecular flexibility index (Phi) is 6.05. The summed E-state index contributed by atoms with van der Waals surface area (Å²) in [5, 5.41) is 0.516. The monoisotopic (exact) mass is 253 g/mol. The van der Waals surface area contributed by atoms with E-state index in [2.05, 4.69) is 18.8 Å². The lowest BCUT2D eigenvalue weighted by molar-refractivity contribution is 0.102. The van der Waals surface area contributed by atoms with Crippen molar-refractivity contribution in [2.75, 3.05) is 12.4 Å². The first-order valence-electron chi connectivity index (χ1n) is 5.90. The topological polar surface area (TPSA) is 39.2 Å². The molecule has 94 valence electrons. The summed E-state index contributed by atoms with van der Waals surface area (Å²) in [5.41, 5.74) is 0.631. The van der Waals surface area contributed by atoms with Crippen molar-refractivity contribution in [3.8, 4) is 5.75 Å². The molecule has 0 aromatic carbocycles. The van der Waals surface area contributed by atoms with E-state index in [4.69, 9.17) is 4.74 Å². The van der Waals surface area contributed by atoms with Crippen molar-refractivity contribution >= 4 is 17.5 Å². The van der Waals surface area contributed by atoms with Crippen LogP contribution in [0, 0.1) is 0 Å². The van der Waals surface area contributed by atoms with Crippen LogP contribution in [0.5, 0.6) is 5.75 Å². The Morgan fingerprint density at radius 1 is 1.47 bits per heavy atom. The molecular weight excluding hydrogens is 234 g/mol. The summed E-state index contributed by atoms with van der Waals surface area (Å²) in [6, 6.07) is 1.76. The number of carbonyl (C=O) groups is 1. The van der Waals surface area contributed by atoms with Crippen LogP contribution in [-0.4, -0.2) is 28.4 Å². The number of hydrogen-bond donors (Lipinski definition) is 0. The van der Waals surface area contributed by atoms with Gasteiger partial charge in [0, 0.05) is 17.0 Å². The van der Waals surface area contributed by atoms with Gasteiger partial charge in [0.15, 0.2) is 5.78 Å². The highest BCUT2D eigenvalue weighted by Gasteiger charge is 2.09. The highest BCUT2D eigenvalue weighted by Crippen LogP contribution is 2.17. The van der Waals surface area contributed by atoms with Gasteiger partial charge in [0.25, 0.3) is 0 Å². The standard InChI is InChI=1S/C13H19NO2S/c1-4-10(3)17-9-13(15)11-6-12(16-5-2)8-14-7-11/h6-8,10H,4-5,9H2,1-3H3. The highest BCUT2D eigenvalue weighted by molar-refractivity contribution is 8.00. The summed E-state index contributed by atoms with van der Waals surface area (Å²) in [7, 11) is 0. The van der Waals surface area contributed by atoms with Crippen LogP contribution >= 0.6 is 11.8 Å². The van der Waals surface area contributed by atoms with Crippen molar-refractivity contribution in [2.24, 2.45) is 0 Å². The van der Waals surface area contributed by atoms with E-state index in [0.717, 1.165) is 6.42 Å². The molecule has 1 aromatic heterocycles. The van der Waals surface area contributed by atoms with E-state index in [1.54, 1.807) is 30.2 Å². The lowest BCUT2D eigenvalue weighted by Crippen LogP contribution is -2.07. The van der Waals surface area contributed by atoms with Crippen molar-refractivity contribution in [1.82, 2.24) is 4.98 Å². The zero-order valence-electron chi connectivity index (χ0n) is 10.6. The predicted octanol–water partition coefficient (Wildman–Crippen LogP) is 3.19. The maximum Gasteiger partial charge on any atom is 0.174 e. The van der Waals surface area contributed by atoms with Gasteiger partial charge in [0.05, 0.1) is 18.6 Å².